The van der Waals surface area contributed by atoms with Crippen molar-refractivity contribution in [1.29, 1.82) is 0 Å². The Morgan fingerprint density at radius 2 is 1.81 bits per heavy atom. The number of benzene rings is 2. The van der Waals surface area contributed by atoms with Crippen molar-refractivity contribution in [3.05, 3.63) is 65.2 Å². The number of rotatable bonds is 3. The summed E-state index contributed by atoms with van der Waals surface area (Å²) in [4.78, 5) is 6.93. The van der Waals surface area contributed by atoms with Crippen LogP contribution in [0.25, 0.3) is 0 Å². The van der Waals surface area contributed by atoms with E-state index in [0.29, 0.717) is 0 Å². The number of sulfone groups is 1. The number of amidine groups is 1. The summed E-state index contributed by atoms with van der Waals surface area (Å²) >= 11 is 1.70. The van der Waals surface area contributed by atoms with Crippen molar-refractivity contribution in [3.8, 4) is 0 Å². The Balaban J connectivity index is 1.63. The number of hydrogen-bond acceptors (Lipinski definition) is 5. The number of anilines is 1. The van der Waals surface area contributed by atoms with Gasteiger partial charge >= 0.3 is 0 Å². The zero-order valence-corrected chi connectivity index (χ0v) is 16.6. The molecule has 2 unspecified atom stereocenters. The number of fused-ring (bicyclic) bond motifs is 1. The van der Waals surface area contributed by atoms with Crippen LogP contribution in [0.15, 0.2) is 53.5 Å². The summed E-state index contributed by atoms with van der Waals surface area (Å²) in [6, 6.07) is 16.4. The van der Waals surface area contributed by atoms with Crippen LogP contribution >= 0.6 is 11.8 Å². The number of aryl methyl sites for hydroxylation is 2. The molecule has 0 bridgehead atoms. The fraction of sp³-hybridized carbons (Fsp3) is 0.350. The van der Waals surface area contributed by atoms with Crippen LogP contribution in [0.1, 0.15) is 16.7 Å². The minimum absolute atomic E-state index is 0.0814. The van der Waals surface area contributed by atoms with Crippen LogP contribution in [-0.4, -0.2) is 37.2 Å². The molecule has 0 radical (unpaired) electrons. The largest absolute Gasteiger partial charge is 0.315 e. The molecule has 2 aromatic rings. The maximum Gasteiger partial charge on any atom is 0.164 e. The Hall–Kier alpha value is -1.79. The molecule has 1 saturated heterocycles. The molecule has 2 atom stereocenters. The summed E-state index contributed by atoms with van der Waals surface area (Å²) in [5.74, 6) is 1.18. The van der Waals surface area contributed by atoms with E-state index in [1.807, 2.05) is 6.07 Å². The van der Waals surface area contributed by atoms with Crippen LogP contribution in [-0.2, 0) is 15.6 Å². The van der Waals surface area contributed by atoms with Crippen LogP contribution in [0.4, 0.5) is 5.69 Å². The van der Waals surface area contributed by atoms with Gasteiger partial charge in [0.2, 0.25) is 0 Å². The Morgan fingerprint density at radius 1 is 1.08 bits per heavy atom. The van der Waals surface area contributed by atoms with Gasteiger partial charge in [0, 0.05) is 11.4 Å². The fourth-order valence-electron chi connectivity index (χ4n) is 3.55. The van der Waals surface area contributed by atoms with E-state index in [4.69, 9.17) is 4.99 Å². The first-order valence-electron chi connectivity index (χ1n) is 8.74. The highest BCUT2D eigenvalue weighted by Crippen LogP contribution is 2.36. The SMILES string of the molecule is Cc1ccc(N2C(SCc3ccccc3C)=NC3CS(=O)(=O)CC32)cc1. The minimum Gasteiger partial charge on any atom is -0.315 e. The second-order valence-electron chi connectivity index (χ2n) is 7.04. The van der Waals surface area contributed by atoms with Gasteiger partial charge in [-0.15, -0.1) is 0 Å². The van der Waals surface area contributed by atoms with E-state index < -0.39 is 9.84 Å². The third kappa shape index (κ3) is 3.40. The van der Waals surface area contributed by atoms with Gasteiger partial charge in [0.15, 0.2) is 15.0 Å². The van der Waals surface area contributed by atoms with Crippen LogP contribution in [0.5, 0.6) is 0 Å². The summed E-state index contributed by atoms with van der Waals surface area (Å²) in [5, 5.41) is 0.932. The van der Waals surface area contributed by atoms with E-state index in [1.165, 1.54) is 16.7 Å². The molecule has 4 nitrogen and oxygen atoms in total. The Kier molecular flexibility index (Phi) is 4.57. The molecular formula is C20H22N2O2S2. The lowest BCUT2D eigenvalue weighted by Gasteiger charge is -2.26. The molecular weight excluding hydrogens is 364 g/mol. The highest BCUT2D eigenvalue weighted by atomic mass is 32.2. The van der Waals surface area contributed by atoms with Gasteiger partial charge in [-0.3, -0.25) is 4.99 Å². The first-order chi connectivity index (χ1) is 12.4. The maximum atomic E-state index is 12.1. The van der Waals surface area contributed by atoms with E-state index in [9.17, 15) is 8.42 Å². The van der Waals surface area contributed by atoms with E-state index in [2.05, 4.69) is 61.2 Å². The summed E-state index contributed by atoms with van der Waals surface area (Å²) in [6.07, 6.45) is 0. The van der Waals surface area contributed by atoms with Gasteiger partial charge in [0.25, 0.3) is 0 Å². The molecule has 136 valence electrons. The number of hydrogen-bond donors (Lipinski definition) is 0. The van der Waals surface area contributed by atoms with Gasteiger partial charge in [0.1, 0.15) is 0 Å². The predicted molar refractivity (Wildman–Crippen MR) is 110 cm³/mol. The summed E-state index contributed by atoms with van der Waals surface area (Å²) in [7, 11) is -3.01. The summed E-state index contributed by atoms with van der Waals surface area (Å²) < 4.78 is 24.2. The molecule has 0 aliphatic carbocycles. The predicted octanol–water partition coefficient (Wildman–Crippen LogP) is 3.58. The van der Waals surface area contributed by atoms with Crippen molar-refractivity contribution in [3.63, 3.8) is 0 Å². The van der Waals surface area contributed by atoms with Crippen molar-refractivity contribution in [2.45, 2.75) is 31.7 Å². The monoisotopic (exact) mass is 386 g/mol. The zero-order valence-electron chi connectivity index (χ0n) is 14.9. The van der Waals surface area contributed by atoms with Crippen LogP contribution < -0.4 is 4.90 Å². The molecule has 0 saturated carbocycles. The molecule has 2 aromatic carbocycles. The zero-order chi connectivity index (χ0) is 18.3. The molecule has 1 fully saturated rings. The number of thioether (sulfide) groups is 1. The first-order valence-corrected chi connectivity index (χ1v) is 11.5. The molecule has 2 aliphatic rings. The summed E-state index contributed by atoms with van der Waals surface area (Å²) in [5.41, 5.74) is 4.77. The summed E-state index contributed by atoms with van der Waals surface area (Å²) in [6.45, 7) is 4.17. The molecule has 4 rings (SSSR count). The standard InChI is InChI=1S/C20H22N2O2S2/c1-14-7-9-17(10-8-14)22-19-13-26(23,24)12-18(19)21-20(22)25-11-16-6-4-3-5-15(16)2/h3-10,18-19H,11-13H2,1-2H3. The lowest BCUT2D eigenvalue weighted by atomic mass is 10.1. The molecule has 0 aromatic heterocycles. The second kappa shape index (κ2) is 6.74. The maximum absolute atomic E-state index is 12.1. The highest BCUT2D eigenvalue weighted by Gasteiger charge is 2.47. The van der Waals surface area contributed by atoms with Gasteiger partial charge in [-0.05, 0) is 37.1 Å². The van der Waals surface area contributed by atoms with Crippen molar-refractivity contribution in [2.75, 3.05) is 16.4 Å². The topological polar surface area (TPSA) is 49.7 Å². The van der Waals surface area contributed by atoms with Gasteiger partial charge in [-0.1, -0.05) is 53.7 Å². The molecule has 2 heterocycles. The van der Waals surface area contributed by atoms with Gasteiger partial charge < -0.3 is 4.90 Å². The highest BCUT2D eigenvalue weighted by molar-refractivity contribution is 8.13. The first kappa shape index (κ1) is 17.6. The van der Waals surface area contributed by atoms with E-state index >= 15 is 0 Å². The van der Waals surface area contributed by atoms with Gasteiger partial charge in [-0.25, -0.2) is 8.42 Å². The Bertz CT molecular complexity index is 952. The normalized spacial score (nSPS) is 23.8. The minimum atomic E-state index is -3.01. The number of nitrogens with zero attached hydrogens (tertiary/aromatic N) is 2. The third-order valence-electron chi connectivity index (χ3n) is 5.04. The molecule has 0 N–H and O–H groups in total. The molecule has 6 heteroatoms. The van der Waals surface area contributed by atoms with E-state index in [-0.39, 0.29) is 23.6 Å². The molecule has 0 spiro atoms. The lowest BCUT2D eigenvalue weighted by molar-refractivity contribution is 0.601. The van der Waals surface area contributed by atoms with Gasteiger partial charge in [0.05, 0.1) is 23.6 Å². The van der Waals surface area contributed by atoms with Crippen LogP contribution in [0.3, 0.4) is 0 Å². The quantitative estimate of drug-likeness (QED) is 0.809. The van der Waals surface area contributed by atoms with E-state index in [0.717, 1.165) is 16.6 Å². The molecule has 0 amide bonds. The molecule has 26 heavy (non-hydrogen) atoms. The fourth-order valence-corrected chi connectivity index (χ4v) is 6.60. The van der Waals surface area contributed by atoms with Crippen molar-refractivity contribution in [1.82, 2.24) is 0 Å². The Labute approximate surface area is 159 Å². The van der Waals surface area contributed by atoms with E-state index in [1.54, 1.807) is 11.8 Å². The molecule has 2 aliphatic heterocycles. The van der Waals surface area contributed by atoms with Crippen molar-refractivity contribution < 1.29 is 8.42 Å². The van der Waals surface area contributed by atoms with Crippen LogP contribution in [0.2, 0.25) is 0 Å². The average molecular weight is 387 g/mol. The second-order valence-corrected chi connectivity index (χ2v) is 10.1. The smallest absolute Gasteiger partial charge is 0.164 e. The average Bonchev–Trinajstić information content (AvgIpc) is 3.06. The Morgan fingerprint density at radius 3 is 2.54 bits per heavy atom. The lowest BCUT2D eigenvalue weighted by Crippen LogP contribution is -2.39. The van der Waals surface area contributed by atoms with Crippen molar-refractivity contribution in [2.24, 2.45) is 4.99 Å². The number of aliphatic imine (C=N–C) groups is 1. The van der Waals surface area contributed by atoms with Gasteiger partial charge in [-0.2, -0.15) is 0 Å². The van der Waals surface area contributed by atoms with Crippen LogP contribution in [0, 0.1) is 13.8 Å². The third-order valence-corrected chi connectivity index (χ3v) is 7.75. The van der Waals surface area contributed by atoms with Crippen molar-refractivity contribution >= 4 is 32.5 Å².